The number of hydrogen-bond donors (Lipinski definition) is 2. The van der Waals surface area contributed by atoms with Gasteiger partial charge in [0.15, 0.2) is 0 Å². The van der Waals surface area contributed by atoms with Gasteiger partial charge in [0.05, 0.1) is 22.6 Å². The summed E-state index contributed by atoms with van der Waals surface area (Å²) >= 11 is 5.89. The topological polar surface area (TPSA) is 84.5 Å². The lowest BCUT2D eigenvalue weighted by atomic mass is 10.2. The Labute approximate surface area is 123 Å². The van der Waals surface area contributed by atoms with Gasteiger partial charge < -0.3 is 10.1 Å². The van der Waals surface area contributed by atoms with Crippen LogP contribution >= 0.6 is 11.6 Å². The van der Waals surface area contributed by atoms with Crippen LogP contribution in [0, 0.1) is 0 Å². The second-order valence-electron chi connectivity index (χ2n) is 4.17. The number of carbonyl (C=O) groups excluding carboxylic acids is 1. The van der Waals surface area contributed by atoms with Crippen LogP contribution in [0.15, 0.2) is 23.1 Å². The number of esters is 1. The maximum atomic E-state index is 12.0. The zero-order valence-corrected chi connectivity index (χ0v) is 13.0. The van der Waals surface area contributed by atoms with Crippen LogP contribution < -0.4 is 10.0 Å². The normalized spacial score (nSPS) is 13.0. The lowest BCUT2D eigenvalue weighted by Gasteiger charge is -2.12. The first kappa shape index (κ1) is 16.9. The molecule has 0 aliphatic carbocycles. The number of benzene rings is 1. The van der Waals surface area contributed by atoms with E-state index in [-0.39, 0.29) is 28.1 Å². The molecule has 1 rings (SSSR count). The molecule has 2 N–H and O–H groups in total. The molecule has 8 heteroatoms. The van der Waals surface area contributed by atoms with E-state index >= 15 is 0 Å². The van der Waals surface area contributed by atoms with Crippen LogP contribution in [-0.4, -0.2) is 41.1 Å². The number of halogens is 1. The first-order valence-electron chi connectivity index (χ1n) is 5.86. The van der Waals surface area contributed by atoms with Crippen molar-refractivity contribution in [3.63, 3.8) is 0 Å². The first-order chi connectivity index (χ1) is 9.31. The molecule has 6 nitrogen and oxygen atoms in total. The maximum Gasteiger partial charge on any atom is 0.339 e. The lowest BCUT2D eigenvalue weighted by molar-refractivity contribution is 0.0601. The van der Waals surface area contributed by atoms with Gasteiger partial charge in [-0.15, -0.1) is 0 Å². The fraction of sp³-hybridized carbons (Fsp3) is 0.417. The summed E-state index contributed by atoms with van der Waals surface area (Å²) in [5, 5.41) is 2.95. The summed E-state index contributed by atoms with van der Waals surface area (Å²) in [5.41, 5.74) is 0.122. The van der Waals surface area contributed by atoms with Gasteiger partial charge in [0.1, 0.15) is 0 Å². The molecular formula is C12H17ClN2O4S. The van der Waals surface area contributed by atoms with E-state index in [1.165, 1.54) is 25.3 Å². The molecule has 0 bridgehead atoms. The third-order valence-corrected chi connectivity index (χ3v) is 4.46. The molecule has 1 atom stereocenters. The molecule has 1 unspecified atom stereocenters. The van der Waals surface area contributed by atoms with E-state index in [4.69, 9.17) is 11.6 Å². The van der Waals surface area contributed by atoms with Crippen LogP contribution in [0.3, 0.4) is 0 Å². The highest BCUT2D eigenvalue weighted by Gasteiger charge is 2.18. The zero-order chi connectivity index (χ0) is 15.3. The van der Waals surface area contributed by atoms with Crippen molar-refractivity contribution >= 4 is 27.6 Å². The van der Waals surface area contributed by atoms with Gasteiger partial charge in [-0.25, -0.2) is 17.9 Å². The van der Waals surface area contributed by atoms with Gasteiger partial charge in [-0.05, 0) is 32.2 Å². The molecule has 112 valence electrons. The standard InChI is InChI=1S/C12H17ClN2O4S/c1-8(14-2)7-15-20(17,18)9-4-5-10(11(13)6-9)12(16)19-3/h4-6,8,14-15H,7H2,1-3H3. The van der Waals surface area contributed by atoms with Crippen molar-refractivity contribution in [3.05, 3.63) is 28.8 Å². The third kappa shape index (κ3) is 4.17. The van der Waals surface area contributed by atoms with Crippen molar-refractivity contribution in [1.29, 1.82) is 0 Å². The number of carbonyl (C=O) groups is 1. The first-order valence-corrected chi connectivity index (χ1v) is 7.72. The summed E-state index contributed by atoms with van der Waals surface area (Å²) in [6, 6.07) is 3.85. The fourth-order valence-electron chi connectivity index (χ4n) is 1.36. The van der Waals surface area contributed by atoms with Crippen LogP contribution in [0.2, 0.25) is 5.02 Å². The zero-order valence-electron chi connectivity index (χ0n) is 11.4. The van der Waals surface area contributed by atoms with Crippen molar-refractivity contribution in [2.75, 3.05) is 20.7 Å². The minimum Gasteiger partial charge on any atom is -0.465 e. The van der Waals surface area contributed by atoms with Gasteiger partial charge in [0, 0.05) is 12.6 Å². The van der Waals surface area contributed by atoms with E-state index in [0.717, 1.165) is 0 Å². The second kappa shape index (κ2) is 7.03. The summed E-state index contributed by atoms with van der Waals surface area (Å²) in [6.45, 7) is 2.09. The SMILES string of the molecule is CNC(C)CNS(=O)(=O)c1ccc(C(=O)OC)c(Cl)c1. The van der Waals surface area contributed by atoms with Crippen LogP contribution in [0.4, 0.5) is 0 Å². The predicted octanol–water partition coefficient (Wildman–Crippen LogP) is 1.01. The predicted molar refractivity (Wildman–Crippen MR) is 76.5 cm³/mol. The molecule has 1 aromatic carbocycles. The van der Waals surface area contributed by atoms with Gasteiger partial charge >= 0.3 is 5.97 Å². The van der Waals surface area contributed by atoms with Crippen molar-refractivity contribution in [3.8, 4) is 0 Å². The molecule has 0 fully saturated rings. The van der Waals surface area contributed by atoms with Crippen molar-refractivity contribution in [2.24, 2.45) is 0 Å². The number of likely N-dealkylation sites (N-methyl/N-ethyl adjacent to an activating group) is 1. The van der Waals surface area contributed by atoms with Crippen LogP contribution in [0.25, 0.3) is 0 Å². The minimum absolute atomic E-state index is 0.00143. The van der Waals surface area contributed by atoms with E-state index in [9.17, 15) is 13.2 Å². The highest BCUT2D eigenvalue weighted by Crippen LogP contribution is 2.21. The number of sulfonamides is 1. The fourth-order valence-corrected chi connectivity index (χ4v) is 2.84. The van der Waals surface area contributed by atoms with Crippen molar-refractivity contribution in [1.82, 2.24) is 10.0 Å². The summed E-state index contributed by atoms with van der Waals surface area (Å²) in [4.78, 5) is 11.4. The Morgan fingerprint density at radius 3 is 2.60 bits per heavy atom. The molecule has 0 aromatic heterocycles. The second-order valence-corrected chi connectivity index (χ2v) is 6.35. The third-order valence-electron chi connectivity index (χ3n) is 2.73. The molecule has 0 aliphatic heterocycles. The summed E-state index contributed by atoms with van der Waals surface area (Å²) in [7, 11) is -0.700. The van der Waals surface area contributed by atoms with Crippen LogP contribution in [0.1, 0.15) is 17.3 Å². The van der Waals surface area contributed by atoms with E-state index < -0.39 is 16.0 Å². The van der Waals surface area contributed by atoms with Gasteiger partial charge in [-0.1, -0.05) is 11.6 Å². The van der Waals surface area contributed by atoms with Gasteiger partial charge in [-0.3, -0.25) is 0 Å². The molecule has 0 radical (unpaired) electrons. The molecule has 20 heavy (non-hydrogen) atoms. The molecule has 0 saturated heterocycles. The Morgan fingerprint density at radius 1 is 1.45 bits per heavy atom. The average molecular weight is 321 g/mol. The van der Waals surface area contributed by atoms with Crippen LogP contribution in [-0.2, 0) is 14.8 Å². The summed E-state index contributed by atoms with van der Waals surface area (Å²) in [5.74, 6) is -0.615. The number of ether oxygens (including phenoxy) is 1. The van der Waals surface area contributed by atoms with E-state index in [2.05, 4.69) is 14.8 Å². The Morgan fingerprint density at radius 2 is 2.10 bits per heavy atom. The summed E-state index contributed by atoms with van der Waals surface area (Å²) < 4.78 is 31.1. The van der Waals surface area contributed by atoms with E-state index in [0.29, 0.717) is 0 Å². The monoisotopic (exact) mass is 320 g/mol. The highest BCUT2D eigenvalue weighted by molar-refractivity contribution is 7.89. The van der Waals surface area contributed by atoms with Gasteiger partial charge in [0.25, 0.3) is 0 Å². The Kier molecular flexibility index (Phi) is 5.94. The summed E-state index contributed by atoms with van der Waals surface area (Å²) in [6.07, 6.45) is 0. The molecule has 1 aromatic rings. The maximum absolute atomic E-state index is 12.0. The molecule has 0 aliphatic rings. The Hall–Kier alpha value is -1.15. The van der Waals surface area contributed by atoms with E-state index in [1.54, 1.807) is 7.05 Å². The van der Waals surface area contributed by atoms with Gasteiger partial charge in [0.2, 0.25) is 10.0 Å². The smallest absolute Gasteiger partial charge is 0.339 e. The number of nitrogens with one attached hydrogen (secondary N) is 2. The molecular weight excluding hydrogens is 304 g/mol. The Bertz CT molecular complexity index is 589. The van der Waals surface area contributed by atoms with Crippen molar-refractivity contribution in [2.45, 2.75) is 17.9 Å². The van der Waals surface area contributed by atoms with Gasteiger partial charge in [-0.2, -0.15) is 0 Å². The molecule has 0 heterocycles. The van der Waals surface area contributed by atoms with Crippen LogP contribution in [0.5, 0.6) is 0 Å². The number of rotatable bonds is 6. The number of hydrogen-bond acceptors (Lipinski definition) is 5. The largest absolute Gasteiger partial charge is 0.465 e. The highest BCUT2D eigenvalue weighted by atomic mass is 35.5. The van der Waals surface area contributed by atoms with E-state index in [1.807, 2.05) is 6.92 Å². The number of methoxy groups -OCH3 is 1. The Balaban J connectivity index is 2.97. The minimum atomic E-state index is -3.66. The molecule has 0 saturated carbocycles. The quantitative estimate of drug-likeness (QED) is 0.764. The molecule has 0 amide bonds. The van der Waals surface area contributed by atoms with Crippen molar-refractivity contribution < 1.29 is 17.9 Å². The lowest BCUT2D eigenvalue weighted by Crippen LogP contribution is -2.37. The molecule has 0 spiro atoms. The average Bonchev–Trinajstić information content (AvgIpc) is 2.43.